The molecule has 0 spiro atoms. The predicted molar refractivity (Wildman–Crippen MR) is 37.6 cm³/mol. The second-order valence-corrected chi connectivity index (χ2v) is 3.37. The maximum atomic E-state index is 12.5. The van der Waals surface area contributed by atoms with Crippen molar-refractivity contribution in [1.29, 1.82) is 0 Å². The summed E-state index contributed by atoms with van der Waals surface area (Å²) in [6.45, 7) is 1.45. The molecule has 64 valence electrons. The van der Waals surface area contributed by atoms with Gasteiger partial charge in [-0.1, -0.05) is 0 Å². The van der Waals surface area contributed by atoms with Crippen LogP contribution in [0.3, 0.4) is 0 Å². The van der Waals surface area contributed by atoms with Gasteiger partial charge in [0.25, 0.3) is 0 Å². The monoisotopic (exact) mass is 162 g/mol. The molecule has 0 N–H and O–H groups in total. The van der Waals surface area contributed by atoms with Crippen molar-refractivity contribution < 1.29 is 13.6 Å². The largest absolute Gasteiger partial charge is 0.300 e. The van der Waals surface area contributed by atoms with Crippen LogP contribution in [-0.4, -0.2) is 11.7 Å². The molecular weight excluding hydrogens is 150 g/mol. The molecule has 0 bridgehead atoms. The number of ketones is 1. The van der Waals surface area contributed by atoms with Gasteiger partial charge in [-0.05, 0) is 19.3 Å². The Morgan fingerprint density at radius 1 is 1.64 bits per heavy atom. The summed E-state index contributed by atoms with van der Waals surface area (Å²) in [6.07, 6.45) is 0.708. The number of carbonyl (C=O) groups is 1. The van der Waals surface area contributed by atoms with E-state index in [1.807, 2.05) is 0 Å². The maximum Gasteiger partial charge on any atom is 0.248 e. The lowest BCUT2D eigenvalue weighted by atomic mass is 10.0. The van der Waals surface area contributed by atoms with E-state index >= 15 is 0 Å². The Hall–Kier alpha value is -0.470. The Morgan fingerprint density at radius 2 is 2.27 bits per heavy atom. The van der Waals surface area contributed by atoms with Crippen LogP contribution in [0.5, 0.6) is 0 Å². The number of hydrogen-bond donors (Lipinski definition) is 0. The zero-order valence-electron chi connectivity index (χ0n) is 6.57. The highest BCUT2D eigenvalue weighted by molar-refractivity contribution is 5.75. The predicted octanol–water partition coefficient (Wildman–Crippen LogP) is 2.40. The highest BCUT2D eigenvalue weighted by Gasteiger charge is 2.39. The minimum Gasteiger partial charge on any atom is -0.300 e. The van der Waals surface area contributed by atoms with E-state index in [0.29, 0.717) is 12.8 Å². The van der Waals surface area contributed by atoms with Gasteiger partial charge in [0.2, 0.25) is 5.92 Å². The van der Waals surface area contributed by atoms with Gasteiger partial charge < -0.3 is 4.79 Å². The molecule has 0 aromatic carbocycles. The van der Waals surface area contributed by atoms with E-state index in [-0.39, 0.29) is 24.5 Å². The average Bonchev–Trinajstić information content (AvgIpc) is 2.08. The summed E-state index contributed by atoms with van der Waals surface area (Å²) >= 11 is 0. The van der Waals surface area contributed by atoms with Gasteiger partial charge in [0.05, 0.1) is 0 Å². The van der Waals surface area contributed by atoms with Crippen LogP contribution in [0.4, 0.5) is 8.78 Å². The summed E-state index contributed by atoms with van der Waals surface area (Å²) in [4.78, 5) is 10.6. The van der Waals surface area contributed by atoms with Crippen molar-refractivity contribution in [3.05, 3.63) is 0 Å². The van der Waals surface area contributed by atoms with Crippen LogP contribution in [0.25, 0.3) is 0 Å². The Morgan fingerprint density at radius 3 is 2.64 bits per heavy atom. The fourth-order valence-corrected chi connectivity index (χ4v) is 1.62. The van der Waals surface area contributed by atoms with Crippen molar-refractivity contribution in [3.63, 3.8) is 0 Å². The summed E-state index contributed by atoms with van der Waals surface area (Å²) < 4.78 is 25.1. The van der Waals surface area contributed by atoms with Crippen molar-refractivity contribution >= 4 is 5.78 Å². The van der Waals surface area contributed by atoms with Gasteiger partial charge >= 0.3 is 0 Å². The second-order valence-electron chi connectivity index (χ2n) is 3.37. The number of hydrogen-bond acceptors (Lipinski definition) is 1. The Labute approximate surface area is 64.8 Å². The lowest BCUT2D eigenvalue weighted by Gasteiger charge is -2.07. The van der Waals surface area contributed by atoms with Crippen LogP contribution >= 0.6 is 0 Å². The first-order valence-corrected chi connectivity index (χ1v) is 3.87. The molecule has 0 heterocycles. The lowest BCUT2D eigenvalue weighted by molar-refractivity contribution is -0.118. The summed E-state index contributed by atoms with van der Waals surface area (Å²) in [7, 11) is 0. The minimum atomic E-state index is -2.50. The number of carbonyl (C=O) groups excluding carboxylic acids is 1. The van der Waals surface area contributed by atoms with Crippen molar-refractivity contribution in [2.24, 2.45) is 5.92 Å². The van der Waals surface area contributed by atoms with Crippen LogP contribution in [-0.2, 0) is 4.79 Å². The first-order chi connectivity index (χ1) is 4.99. The Bertz CT molecular complexity index is 165. The molecule has 0 radical (unpaired) electrons. The molecule has 0 aromatic heterocycles. The third kappa shape index (κ3) is 2.56. The fraction of sp³-hybridized carbons (Fsp3) is 0.875. The van der Waals surface area contributed by atoms with Crippen molar-refractivity contribution in [2.75, 3.05) is 0 Å². The highest BCUT2D eigenvalue weighted by atomic mass is 19.3. The zero-order chi connectivity index (χ0) is 8.48. The van der Waals surface area contributed by atoms with Gasteiger partial charge in [-0.3, -0.25) is 0 Å². The SMILES string of the molecule is CC(=O)CC1CCC(F)(F)C1. The molecule has 0 amide bonds. The maximum absolute atomic E-state index is 12.5. The molecule has 1 nitrogen and oxygen atoms in total. The molecule has 11 heavy (non-hydrogen) atoms. The fourth-order valence-electron chi connectivity index (χ4n) is 1.62. The van der Waals surface area contributed by atoms with E-state index in [4.69, 9.17) is 0 Å². The first kappa shape index (κ1) is 8.62. The van der Waals surface area contributed by atoms with E-state index in [2.05, 4.69) is 0 Å². The zero-order valence-corrected chi connectivity index (χ0v) is 6.57. The highest BCUT2D eigenvalue weighted by Crippen LogP contribution is 2.40. The Balaban J connectivity index is 2.36. The molecule has 1 aliphatic carbocycles. The van der Waals surface area contributed by atoms with Gasteiger partial charge in [-0.15, -0.1) is 0 Å². The average molecular weight is 162 g/mol. The molecule has 1 saturated carbocycles. The van der Waals surface area contributed by atoms with Gasteiger partial charge in [0.1, 0.15) is 5.78 Å². The summed E-state index contributed by atoms with van der Waals surface area (Å²) in [5.74, 6) is -2.55. The van der Waals surface area contributed by atoms with Crippen molar-refractivity contribution in [2.45, 2.75) is 38.5 Å². The van der Waals surface area contributed by atoms with E-state index in [0.717, 1.165) is 0 Å². The third-order valence-corrected chi connectivity index (χ3v) is 2.08. The molecule has 0 saturated heterocycles. The van der Waals surface area contributed by atoms with E-state index in [1.54, 1.807) is 0 Å². The van der Waals surface area contributed by atoms with Crippen LogP contribution in [0.15, 0.2) is 0 Å². The van der Waals surface area contributed by atoms with Crippen molar-refractivity contribution in [1.82, 2.24) is 0 Å². The van der Waals surface area contributed by atoms with E-state index in [9.17, 15) is 13.6 Å². The number of alkyl halides is 2. The smallest absolute Gasteiger partial charge is 0.248 e. The molecule has 0 aliphatic heterocycles. The van der Waals surface area contributed by atoms with Crippen LogP contribution in [0.1, 0.15) is 32.6 Å². The lowest BCUT2D eigenvalue weighted by Crippen LogP contribution is -2.10. The minimum absolute atomic E-state index is 0.0210. The van der Waals surface area contributed by atoms with Crippen LogP contribution in [0, 0.1) is 5.92 Å². The molecule has 1 unspecified atom stereocenters. The standard InChI is InChI=1S/C8H12F2O/c1-6(11)4-7-2-3-8(9,10)5-7/h7H,2-5H2,1H3. The van der Waals surface area contributed by atoms with E-state index < -0.39 is 5.92 Å². The van der Waals surface area contributed by atoms with Crippen LogP contribution < -0.4 is 0 Å². The topological polar surface area (TPSA) is 17.1 Å². The number of Topliss-reactive ketones (excluding diaryl/α,β-unsaturated/α-hetero) is 1. The van der Waals surface area contributed by atoms with Gasteiger partial charge in [0, 0.05) is 19.3 Å². The molecule has 1 aliphatic rings. The van der Waals surface area contributed by atoms with Gasteiger partial charge in [-0.25, -0.2) is 8.78 Å². The summed E-state index contributed by atoms with van der Waals surface area (Å²) in [6, 6.07) is 0. The normalized spacial score (nSPS) is 28.8. The number of halogens is 2. The Kier molecular flexibility index (Phi) is 2.25. The molecule has 1 fully saturated rings. The third-order valence-electron chi connectivity index (χ3n) is 2.08. The van der Waals surface area contributed by atoms with Crippen LogP contribution in [0.2, 0.25) is 0 Å². The quantitative estimate of drug-likeness (QED) is 0.609. The van der Waals surface area contributed by atoms with Crippen molar-refractivity contribution in [3.8, 4) is 0 Å². The number of rotatable bonds is 2. The molecule has 1 rings (SSSR count). The first-order valence-electron chi connectivity index (χ1n) is 3.87. The molecule has 3 heteroatoms. The second kappa shape index (κ2) is 2.88. The summed E-state index contributed by atoms with van der Waals surface area (Å²) in [5, 5.41) is 0. The summed E-state index contributed by atoms with van der Waals surface area (Å²) in [5.41, 5.74) is 0. The van der Waals surface area contributed by atoms with Gasteiger partial charge in [0.15, 0.2) is 0 Å². The van der Waals surface area contributed by atoms with Gasteiger partial charge in [-0.2, -0.15) is 0 Å². The molecule has 0 aromatic rings. The van der Waals surface area contributed by atoms with E-state index in [1.165, 1.54) is 6.92 Å². The molecule has 1 atom stereocenters. The molecular formula is C8H12F2O.